The van der Waals surface area contributed by atoms with E-state index in [9.17, 15) is 0 Å². The Morgan fingerprint density at radius 2 is 1.55 bits per heavy atom. The van der Waals surface area contributed by atoms with E-state index >= 15 is 0 Å². The summed E-state index contributed by atoms with van der Waals surface area (Å²) in [4.78, 5) is 0. The molecule has 0 fully saturated rings. The molecule has 0 aromatic carbocycles. The van der Waals surface area contributed by atoms with Crippen LogP contribution in [0, 0.1) is 5.41 Å². The molecule has 0 N–H and O–H groups in total. The molecule has 0 aliphatic heterocycles. The molecule has 0 rings (SSSR count). The Morgan fingerprint density at radius 3 is 1.64 bits per heavy atom. The highest BCUT2D eigenvalue weighted by atomic mass is 28.3. The maximum atomic E-state index is 5.20. The highest BCUT2D eigenvalue weighted by Crippen LogP contribution is 2.25. The standard InChI is InChI=1S/C8H18O2Si/c1-7(8(2,3)4)11(9-5)10-6/h11H,1H2,2-6H3. The van der Waals surface area contributed by atoms with Gasteiger partial charge in [0.05, 0.1) is 0 Å². The van der Waals surface area contributed by atoms with Crippen LogP contribution < -0.4 is 0 Å². The fourth-order valence-corrected chi connectivity index (χ4v) is 2.20. The lowest BCUT2D eigenvalue weighted by Gasteiger charge is -2.25. The van der Waals surface area contributed by atoms with Gasteiger partial charge >= 0.3 is 9.28 Å². The first-order chi connectivity index (χ1) is 4.93. The van der Waals surface area contributed by atoms with Gasteiger partial charge < -0.3 is 8.85 Å². The molecule has 0 amide bonds. The van der Waals surface area contributed by atoms with Crippen molar-refractivity contribution in [1.29, 1.82) is 0 Å². The normalized spacial score (nSPS) is 12.2. The summed E-state index contributed by atoms with van der Waals surface area (Å²) in [5, 5.41) is 1.10. The van der Waals surface area contributed by atoms with Gasteiger partial charge in [-0.2, -0.15) is 0 Å². The molecule has 2 nitrogen and oxygen atoms in total. The van der Waals surface area contributed by atoms with Gasteiger partial charge in [-0.15, -0.1) is 0 Å². The van der Waals surface area contributed by atoms with Crippen molar-refractivity contribution in [3.8, 4) is 0 Å². The zero-order valence-electron chi connectivity index (χ0n) is 8.10. The highest BCUT2D eigenvalue weighted by Gasteiger charge is 2.25. The van der Waals surface area contributed by atoms with E-state index in [1.54, 1.807) is 14.2 Å². The first kappa shape index (κ1) is 10.9. The number of rotatable bonds is 3. The summed E-state index contributed by atoms with van der Waals surface area (Å²) in [5.74, 6) is 0. The van der Waals surface area contributed by atoms with Crippen molar-refractivity contribution in [1.82, 2.24) is 0 Å². The van der Waals surface area contributed by atoms with Gasteiger partial charge in [0.25, 0.3) is 0 Å². The van der Waals surface area contributed by atoms with E-state index in [4.69, 9.17) is 8.85 Å². The Kier molecular flexibility index (Phi) is 4.00. The molecule has 0 spiro atoms. The Bertz CT molecular complexity index is 134. The van der Waals surface area contributed by atoms with Crippen molar-refractivity contribution in [2.24, 2.45) is 5.41 Å². The first-order valence-corrected chi connectivity index (χ1v) is 5.20. The van der Waals surface area contributed by atoms with Crippen LogP contribution >= 0.6 is 0 Å². The zero-order chi connectivity index (χ0) is 9.07. The highest BCUT2D eigenvalue weighted by molar-refractivity contribution is 6.53. The van der Waals surface area contributed by atoms with Crippen molar-refractivity contribution >= 4 is 9.28 Å². The van der Waals surface area contributed by atoms with Gasteiger partial charge in [0.15, 0.2) is 0 Å². The van der Waals surface area contributed by atoms with Crippen molar-refractivity contribution in [2.45, 2.75) is 20.8 Å². The van der Waals surface area contributed by atoms with Gasteiger partial charge in [0, 0.05) is 14.2 Å². The topological polar surface area (TPSA) is 18.5 Å². The lowest BCUT2D eigenvalue weighted by Crippen LogP contribution is -2.29. The Morgan fingerprint density at radius 1 is 1.18 bits per heavy atom. The molecule has 0 radical (unpaired) electrons. The third kappa shape index (κ3) is 3.18. The predicted molar refractivity (Wildman–Crippen MR) is 49.8 cm³/mol. The fourth-order valence-electron chi connectivity index (χ4n) is 0.734. The minimum atomic E-state index is -1.61. The van der Waals surface area contributed by atoms with E-state index in [0.29, 0.717) is 0 Å². The molecule has 0 unspecified atom stereocenters. The maximum absolute atomic E-state index is 5.20. The third-order valence-corrected chi connectivity index (χ3v) is 3.97. The van der Waals surface area contributed by atoms with Gasteiger partial charge in [0.1, 0.15) is 0 Å². The largest absolute Gasteiger partial charge is 0.397 e. The molecule has 0 saturated carbocycles. The third-order valence-electron chi connectivity index (χ3n) is 1.68. The quantitative estimate of drug-likeness (QED) is 0.606. The van der Waals surface area contributed by atoms with Crippen LogP contribution in [-0.4, -0.2) is 23.5 Å². The summed E-state index contributed by atoms with van der Waals surface area (Å²) in [7, 11) is 1.75. The summed E-state index contributed by atoms with van der Waals surface area (Å²) in [6.45, 7) is 10.3. The molecule has 11 heavy (non-hydrogen) atoms. The lowest BCUT2D eigenvalue weighted by molar-refractivity contribution is 0.277. The minimum Gasteiger partial charge on any atom is -0.397 e. The molecular weight excluding hydrogens is 156 g/mol. The number of hydrogen-bond acceptors (Lipinski definition) is 2. The van der Waals surface area contributed by atoms with Gasteiger partial charge in [-0.3, -0.25) is 0 Å². The van der Waals surface area contributed by atoms with Crippen molar-refractivity contribution in [2.75, 3.05) is 14.2 Å². The van der Waals surface area contributed by atoms with Crippen molar-refractivity contribution in [3.05, 3.63) is 11.8 Å². The summed E-state index contributed by atoms with van der Waals surface area (Å²) in [5.41, 5.74) is 0.100. The number of allylic oxidation sites excluding steroid dienone is 1. The Balaban J connectivity index is 4.22. The predicted octanol–water partition coefficient (Wildman–Crippen LogP) is 1.64. The van der Waals surface area contributed by atoms with E-state index in [0.717, 1.165) is 5.20 Å². The van der Waals surface area contributed by atoms with E-state index in [1.807, 2.05) is 0 Å². The van der Waals surface area contributed by atoms with Gasteiger partial charge in [0.2, 0.25) is 0 Å². The van der Waals surface area contributed by atoms with Crippen LogP contribution in [0.3, 0.4) is 0 Å². The molecule has 0 aliphatic carbocycles. The molecule has 0 bridgehead atoms. The Hall–Kier alpha value is -0.123. The van der Waals surface area contributed by atoms with E-state index in [2.05, 4.69) is 27.4 Å². The van der Waals surface area contributed by atoms with Crippen LogP contribution in [0.25, 0.3) is 0 Å². The molecule has 0 aromatic rings. The second-order valence-electron chi connectivity index (χ2n) is 3.58. The molecule has 0 aliphatic rings. The molecule has 0 saturated heterocycles. The van der Waals surface area contributed by atoms with Crippen LogP contribution in [0.5, 0.6) is 0 Å². The van der Waals surface area contributed by atoms with E-state index in [1.165, 1.54) is 0 Å². The van der Waals surface area contributed by atoms with Crippen LogP contribution in [0.15, 0.2) is 11.8 Å². The second-order valence-corrected chi connectivity index (χ2v) is 5.88. The Labute approximate surface area is 71.1 Å². The molecule has 3 heteroatoms. The van der Waals surface area contributed by atoms with E-state index in [-0.39, 0.29) is 5.41 Å². The second kappa shape index (κ2) is 4.04. The molecule has 0 heterocycles. The number of hydrogen-bond donors (Lipinski definition) is 0. The van der Waals surface area contributed by atoms with Crippen LogP contribution in [-0.2, 0) is 8.85 Å². The van der Waals surface area contributed by atoms with Crippen molar-refractivity contribution in [3.63, 3.8) is 0 Å². The fraction of sp³-hybridized carbons (Fsp3) is 0.750. The summed E-state index contributed by atoms with van der Waals surface area (Å²) in [6.07, 6.45) is 0. The van der Waals surface area contributed by atoms with E-state index < -0.39 is 9.28 Å². The molecular formula is C8H18O2Si. The summed E-state index contributed by atoms with van der Waals surface area (Å²) >= 11 is 0. The molecule has 66 valence electrons. The van der Waals surface area contributed by atoms with Crippen LogP contribution in [0.2, 0.25) is 0 Å². The summed E-state index contributed by atoms with van der Waals surface area (Å²) in [6, 6.07) is 0. The monoisotopic (exact) mass is 174 g/mol. The molecule has 0 aromatic heterocycles. The van der Waals surface area contributed by atoms with Gasteiger partial charge in [-0.05, 0) is 10.6 Å². The zero-order valence-corrected chi connectivity index (χ0v) is 9.26. The maximum Gasteiger partial charge on any atom is 0.351 e. The first-order valence-electron chi connectivity index (χ1n) is 3.68. The lowest BCUT2D eigenvalue weighted by atomic mass is 9.97. The average Bonchev–Trinajstić information content (AvgIpc) is 1.88. The summed E-state index contributed by atoms with van der Waals surface area (Å²) < 4.78 is 10.4. The smallest absolute Gasteiger partial charge is 0.351 e. The van der Waals surface area contributed by atoms with Crippen LogP contribution in [0.1, 0.15) is 20.8 Å². The van der Waals surface area contributed by atoms with Gasteiger partial charge in [-0.1, -0.05) is 27.4 Å². The average molecular weight is 174 g/mol. The molecule has 0 atom stereocenters. The van der Waals surface area contributed by atoms with Crippen LogP contribution in [0.4, 0.5) is 0 Å². The minimum absolute atomic E-state index is 0.100. The SMILES string of the molecule is C=C([SiH](OC)OC)C(C)(C)C. The van der Waals surface area contributed by atoms with Gasteiger partial charge in [-0.25, -0.2) is 0 Å². The van der Waals surface area contributed by atoms with Crippen molar-refractivity contribution < 1.29 is 8.85 Å².